The van der Waals surface area contributed by atoms with Crippen LogP contribution in [-0.4, -0.2) is 21.2 Å². The minimum atomic E-state index is -4.66. The van der Waals surface area contributed by atoms with Gasteiger partial charge < -0.3 is 5.32 Å². The van der Waals surface area contributed by atoms with Gasteiger partial charge in [-0.3, -0.25) is 14.2 Å². The molecule has 5 nitrogen and oxygen atoms in total. The van der Waals surface area contributed by atoms with Gasteiger partial charge in [-0.2, -0.15) is 13.2 Å². The number of carbonyl (C=O) groups is 1. The fraction of sp³-hybridized carbons (Fsp3) is 0.0870. The third kappa shape index (κ3) is 5.22. The topological polar surface area (TPSA) is 64.0 Å². The molecule has 0 bridgehead atoms. The van der Waals surface area contributed by atoms with E-state index in [-0.39, 0.29) is 22.2 Å². The van der Waals surface area contributed by atoms with Crippen LogP contribution in [0.25, 0.3) is 16.6 Å². The molecule has 11 heteroatoms. The number of rotatable bonds is 5. The molecule has 1 heterocycles. The van der Waals surface area contributed by atoms with E-state index in [9.17, 15) is 22.8 Å². The summed E-state index contributed by atoms with van der Waals surface area (Å²) in [6.45, 7) is 0. The fourth-order valence-corrected chi connectivity index (χ4v) is 4.34. The number of aromatic nitrogens is 2. The van der Waals surface area contributed by atoms with Gasteiger partial charge >= 0.3 is 6.18 Å². The number of fused-ring (bicyclic) bond motifs is 1. The molecule has 34 heavy (non-hydrogen) atoms. The number of nitrogens with zero attached hydrogens (tertiary/aromatic N) is 2. The standard InChI is InChI=1S/C23H14Cl2F3N3O2S/c24-13-5-8-15(9-6-13)31-21(33)16-3-1-2-4-19(16)30-22(31)34-12-20(32)29-14-7-10-18(25)17(11-14)23(26,27)28/h1-11H,12H2,(H,29,32). The Morgan fingerprint density at radius 1 is 1.03 bits per heavy atom. The highest BCUT2D eigenvalue weighted by molar-refractivity contribution is 7.99. The van der Waals surface area contributed by atoms with Crippen LogP contribution in [0.3, 0.4) is 0 Å². The summed E-state index contributed by atoms with van der Waals surface area (Å²) in [4.78, 5) is 30.2. The van der Waals surface area contributed by atoms with Gasteiger partial charge in [0.05, 0.1) is 32.9 Å². The summed E-state index contributed by atoms with van der Waals surface area (Å²) in [5, 5.41) is 3.08. The Labute approximate surface area is 205 Å². The second-order valence-corrected chi connectivity index (χ2v) is 8.84. The number of hydrogen-bond acceptors (Lipinski definition) is 4. The molecule has 0 aliphatic heterocycles. The SMILES string of the molecule is O=C(CSc1nc2ccccc2c(=O)n1-c1ccc(Cl)cc1)Nc1ccc(Cl)c(C(F)(F)F)c1. The highest BCUT2D eigenvalue weighted by atomic mass is 35.5. The fourth-order valence-electron chi connectivity index (χ4n) is 3.17. The van der Waals surface area contributed by atoms with Crippen LogP contribution < -0.4 is 10.9 Å². The normalized spacial score (nSPS) is 11.6. The number of amides is 1. The van der Waals surface area contributed by atoms with Crippen molar-refractivity contribution in [3.63, 3.8) is 0 Å². The lowest BCUT2D eigenvalue weighted by atomic mass is 10.2. The largest absolute Gasteiger partial charge is 0.417 e. The first-order valence-electron chi connectivity index (χ1n) is 9.70. The summed E-state index contributed by atoms with van der Waals surface area (Å²) in [6, 6.07) is 16.4. The predicted molar refractivity (Wildman–Crippen MR) is 128 cm³/mol. The van der Waals surface area contributed by atoms with Gasteiger partial charge in [0.1, 0.15) is 0 Å². The molecule has 0 aliphatic rings. The van der Waals surface area contributed by atoms with E-state index in [1.165, 1.54) is 10.6 Å². The van der Waals surface area contributed by atoms with E-state index in [0.717, 1.165) is 23.9 Å². The van der Waals surface area contributed by atoms with Gasteiger partial charge in [0.2, 0.25) is 5.91 Å². The zero-order valence-electron chi connectivity index (χ0n) is 17.1. The maximum absolute atomic E-state index is 13.2. The van der Waals surface area contributed by atoms with E-state index in [0.29, 0.717) is 21.6 Å². The number of carbonyl (C=O) groups excluding carboxylic acids is 1. The van der Waals surface area contributed by atoms with Crippen LogP contribution in [-0.2, 0) is 11.0 Å². The second kappa shape index (κ2) is 9.69. The molecule has 4 rings (SSSR count). The number of alkyl halides is 3. The average Bonchev–Trinajstić information content (AvgIpc) is 2.79. The molecule has 1 aromatic heterocycles. The van der Waals surface area contributed by atoms with E-state index in [1.807, 2.05) is 0 Å². The van der Waals surface area contributed by atoms with Crippen molar-refractivity contribution < 1.29 is 18.0 Å². The van der Waals surface area contributed by atoms with Crippen LogP contribution in [0.15, 0.2) is 76.7 Å². The monoisotopic (exact) mass is 523 g/mol. The third-order valence-corrected chi connectivity index (χ3v) is 6.24. The number of para-hydroxylation sites is 1. The van der Waals surface area contributed by atoms with Crippen molar-refractivity contribution >= 4 is 57.5 Å². The molecule has 4 aromatic rings. The van der Waals surface area contributed by atoms with E-state index in [2.05, 4.69) is 10.3 Å². The van der Waals surface area contributed by atoms with Crippen molar-refractivity contribution in [2.24, 2.45) is 0 Å². The zero-order valence-corrected chi connectivity index (χ0v) is 19.4. The minimum absolute atomic E-state index is 0.0520. The summed E-state index contributed by atoms with van der Waals surface area (Å²) in [6.07, 6.45) is -4.66. The number of anilines is 1. The quantitative estimate of drug-likeness (QED) is 0.241. The van der Waals surface area contributed by atoms with Gasteiger partial charge in [-0.05, 0) is 54.6 Å². The summed E-state index contributed by atoms with van der Waals surface area (Å²) in [5.41, 5.74) is -0.476. The molecule has 0 aliphatic carbocycles. The molecular formula is C23H14Cl2F3N3O2S. The number of halogens is 5. The number of hydrogen-bond donors (Lipinski definition) is 1. The molecule has 0 fully saturated rings. The van der Waals surface area contributed by atoms with Gasteiger partial charge in [-0.15, -0.1) is 0 Å². The Balaban J connectivity index is 1.62. The van der Waals surface area contributed by atoms with Crippen molar-refractivity contribution in [2.45, 2.75) is 11.3 Å². The summed E-state index contributed by atoms with van der Waals surface area (Å²) < 4.78 is 40.6. The van der Waals surface area contributed by atoms with Gasteiger partial charge in [0, 0.05) is 10.7 Å². The third-order valence-electron chi connectivity index (χ3n) is 4.72. The van der Waals surface area contributed by atoms with Gasteiger partial charge in [-0.1, -0.05) is 47.1 Å². The Morgan fingerprint density at radius 2 is 1.74 bits per heavy atom. The molecule has 0 spiro atoms. The lowest BCUT2D eigenvalue weighted by Crippen LogP contribution is -2.23. The Hall–Kier alpha value is -3.01. The van der Waals surface area contributed by atoms with Gasteiger partial charge in [0.15, 0.2) is 5.16 Å². The highest BCUT2D eigenvalue weighted by Gasteiger charge is 2.33. The van der Waals surface area contributed by atoms with Crippen molar-refractivity contribution in [2.75, 3.05) is 11.1 Å². The Kier molecular flexibility index (Phi) is 6.88. The van der Waals surface area contributed by atoms with E-state index >= 15 is 0 Å². The molecule has 0 saturated heterocycles. The van der Waals surface area contributed by atoms with E-state index < -0.39 is 22.7 Å². The Morgan fingerprint density at radius 3 is 2.44 bits per heavy atom. The lowest BCUT2D eigenvalue weighted by molar-refractivity contribution is -0.137. The van der Waals surface area contributed by atoms with Crippen LogP contribution in [0.4, 0.5) is 18.9 Å². The maximum Gasteiger partial charge on any atom is 0.417 e. The van der Waals surface area contributed by atoms with E-state index in [4.69, 9.17) is 23.2 Å². The number of benzene rings is 3. The highest BCUT2D eigenvalue weighted by Crippen LogP contribution is 2.36. The summed E-state index contributed by atoms with van der Waals surface area (Å²) >= 11 is 12.6. The minimum Gasteiger partial charge on any atom is -0.325 e. The number of thioether (sulfide) groups is 1. The van der Waals surface area contributed by atoms with Crippen LogP contribution in [0.2, 0.25) is 10.0 Å². The first kappa shape index (κ1) is 24.1. The smallest absolute Gasteiger partial charge is 0.325 e. The summed E-state index contributed by atoms with van der Waals surface area (Å²) in [7, 11) is 0. The van der Waals surface area contributed by atoms with Gasteiger partial charge in [0.25, 0.3) is 5.56 Å². The lowest BCUT2D eigenvalue weighted by Gasteiger charge is -2.14. The van der Waals surface area contributed by atoms with Crippen molar-refractivity contribution in [3.05, 3.63) is 92.7 Å². The van der Waals surface area contributed by atoms with Crippen LogP contribution >= 0.6 is 35.0 Å². The predicted octanol–water partition coefficient (Wildman–Crippen LogP) is 6.44. The van der Waals surface area contributed by atoms with E-state index in [1.54, 1.807) is 48.5 Å². The molecule has 3 aromatic carbocycles. The zero-order chi connectivity index (χ0) is 24.5. The first-order valence-corrected chi connectivity index (χ1v) is 11.4. The molecule has 0 unspecified atom stereocenters. The average molecular weight is 524 g/mol. The first-order chi connectivity index (χ1) is 16.1. The molecule has 174 valence electrons. The Bertz CT molecular complexity index is 1440. The second-order valence-electron chi connectivity index (χ2n) is 7.06. The summed E-state index contributed by atoms with van der Waals surface area (Å²) in [5.74, 6) is -0.784. The van der Waals surface area contributed by atoms with Crippen LogP contribution in [0, 0.1) is 0 Å². The molecule has 1 N–H and O–H groups in total. The molecule has 0 saturated carbocycles. The van der Waals surface area contributed by atoms with Crippen LogP contribution in [0.1, 0.15) is 5.56 Å². The molecular weight excluding hydrogens is 510 g/mol. The molecule has 1 amide bonds. The molecule has 0 atom stereocenters. The van der Waals surface area contributed by atoms with Gasteiger partial charge in [-0.25, -0.2) is 4.98 Å². The van der Waals surface area contributed by atoms with Crippen LogP contribution in [0.5, 0.6) is 0 Å². The maximum atomic E-state index is 13.2. The number of nitrogens with one attached hydrogen (secondary N) is 1. The van der Waals surface area contributed by atoms with Crippen molar-refractivity contribution in [1.82, 2.24) is 9.55 Å². The van der Waals surface area contributed by atoms with Crippen molar-refractivity contribution in [1.29, 1.82) is 0 Å². The van der Waals surface area contributed by atoms with Crippen molar-refractivity contribution in [3.8, 4) is 5.69 Å². The molecule has 0 radical (unpaired) electrons.